The Morgan fingerprint density at radius 1 is 1.40 bits per heavy atom. The normalized spacial score (nSPS) is 15.4. The highest BCUT2D eigenvalue weighted by atomic mass is 19.1. The van der Waals surface area contributed by atoms with E-state index in [0.29, 0.717) is 18.8 Å². The van der Waals surface area contributed by atoms with E-state index in [-0.39, 0.29) is 11.8 Å². The van der Waals surface area contributed by atoms with Crippen molar-refractivity contribution in [2.24, 2.45) is 0 Å². The van der Waals surface area contributed by atoms with Crippen LogP contribution in [-0.2, 0) is 4.84 Å². The van der Waals surface area contributed by atoms with Crippen LogP contribution in [0.15, 0.2) is 24.3 Å². The fraction of sp³-hybridized carbons (Fsp3) is 0.300. The molecule has 1 aromatic rings. The van der Waals surface area contributed by atoms with Gasteiger partial charge in [0.25, 0.3) is 0 Å². The standard InChI is InChI=1S/C10H11FN2O2/c11-8-2-4-9(5-3-8)12-10(14)13-6-1-7-15-13/h2-5H,1,6-7H2,(H,12,14). The van der Waals surface area contributed by atoms with Gasteiger partial charge in [0.15, 0.2) is 0 Å². The van der Waals surface area contributed by atoms with Gasteiger partial charge in [0.2, 0.25) is 0 Å². The molecule has 1 aliphatic heterocycles. The predicted octanol–water partition coefficient (Wildman–Crippen LogP) is 1.99. The van der Waals surface area contributed by atoms with Gasteiger partial charge < -0.3 is 5.32 Å². The molecular formula is C10H11FN2O2. The highest BCUT2D eigenvalue weighted by Gasteiger charge is 2.18. The average molecular weight is 210 g/mol. The fourth-order valence-electron chi connectivity index (χ4n) is 1.33. The summed E-state index contributed by atoms with van der Waals surface area (Å²) in [4.78, 5) is 16.6. The number of carbonyl (C=O) groups is 1. The smallest absolute Gasteiger partial charge is 0.306 e. The maximum atomic E-state index is 12.6. The number of nitrogens with zero attached hydrogens (tertiary/aromatic N) is 1. The molecule has 0 aliphatic carbocycles. The number of carbonyl (C=O) groups excluding carboxylic acids is 1. The molecular weight excluding hydrogens is 199 g/mol. The molecule has 2 rings (SSSR count). The van der Waals surface area contributed by atoms with Crippen molar-refractivity contribution >= 4 is 11.7 Å². The summed E-state index contributed by atoms with van der Waals surface area (Å²) in [6.07, 6.45) is 0.844. The second kappa shape index (κ2) is 4.27. The summed E-state index contributed by atoms with van der Waals surface area (Å²) in [5.41, 5.74) is 0.553. The van der Waals surface area contributed by atoms with Gasteiger partial charge in [-0.15, -0.1) is 0 Å². The number of urea groups is 1. The maximum absolute atomic E-state index is 12.6. The van der Waals surface area contributed by atoms with Crippen LogP contribution in [0.25, 0.3) is 0 Å². The van der Waals surface area contributed by atoms with Crippen LogP contribution in [0.1, 0.15) is 6.42 Å². The molecule has 15 heavy (non-hydrogen) atoms. The van der Waals surface area contributed by atoms with E-state index >= 15 is 0 Å². The number of anilines is 1. The number of halogens is 1. The molecule has 0 unspecified atom stereocenters. The zero-order valence-corrected chi connectivity index (χ0v) is 8.07. The summed E-state index contributed by atoms with van der Waals surface area (Å²) in [5.74, 6) is -0.328. The lowest BCUT2D eigenvalue weighted by atomic mass is 10.3. The van der Waals surface area contributed by atoms with Gasteiger partial charge in [-0.2, -0.15) is 0 Å². The minimum Gasteiger partial charge on any atom is -0.306 e. The fourth-order valence-corrected chi connectivity index (χ4v) is 1.33. The number of rotatable bonds is 1. The number of amides is 2. The van der Waals surface area contributed by atoms with Crippen molar-refractivity contribution in [2.45, 2.75) is 6.42 Å². The van der Waals surface area contributed by atoms with Crippen molar-refractivity contribution in [1.82, 2.24) is 5.06 Å². The van der Waals surface area contributed by atoms with Gasteiger partial charge in [-0.25, -0.2) is 14.2 Å². The quantitative estimate of drug-likeness (QED) is 0.770. The lowest BCUT2D eigenvalue weighted by Crippen LogP contribution is -2.31. The summed E-state index contributed by atoms with van der Waals surface area (Å²) >= 11 is 0. The van der Waals surface area contributed by atoms with Gasteiger partial charge in [-0.1, -0.05) is 0 Å². The van der Waals surface area contributed by atoms with Crippen LogP contribution in [0.3, 0.4) is 0 Å². The first-order valence-corrected chi connectivity index (χ1v) is 4.73. The molecule has 2 amide bonds. The summed E-state index contributed by atoms with van der Waals surface area (Å²) in [6.45, 7) is 1.16. The third-order valence-electron chi connectivity index (χ3n) is 2.07. The third-order valence-corrected chi connectivity index (χ3v) is 2.07. The molecule has 1 aliphatic rings. The van der Waals surface area contributed by atoms with Crippen molar-refractivity contribution in [3.05, 3.63) is 30.1 Å². The van der Waals surface area contributed by atoms with E-state index in [4.69, 9.17) is 4.84 Å². The van der Waals surface area contributed by atoms with Gasteiger partial charge >= 0.3 is 6.03 Å². The zero-order valence-electron chi connectivity index (χ0n) is 8.07. The molecule has 0 spiro atoms. The second-order valence-electron chi connectivity index (χ2n) is 3.23. The summed E-state index contributed by atoms with van der Waals surface area (Å²) in [5, 5.41) is 3.87. The van der Waals surface area contributed by atoms with Gasteiger partial charge in [-0.05, 0) is 30.7 Å². The van der Waals surface area contributed by atoms with E-state index in [1.807, 2.05) is 0 Å². The van der Waals surface area contributed by atoms with E-state index < -0.39 is 0 Å². The van der Waals surface area contributed by atoms with E-state index in [1.54, 1.807) is 0 Å². The van der Waals surface area contributed by atoms with Crippen LogP contribution < -0.4 is 5.32 Å². The first-order valence-electron chi connectivity index (χ1n) is 4.73. The molecule has 80 valence electrons. The minimum atomic E-state index is -0.328. The Hall–Kier alpha value is -1.62. The highest BCUT2D eigenvalue weighted by Crippen LogP contribution is 2.11. The lowest BCUT2D eigenvalue weighted by molar-refractivity contribution is -0.0614. The Morgan fingerprint density at radius 2 is 2.13 bits per heavy atom. The first kappa shape index (κ1) is 9.92. The number of nitrogens with one attached hydrogen (secondary N) is 1. The number of hydrogen-bond acceptors (Lipinski definition) is 2. The molecule has 4 nitrogen and oxygen atoms in total. The summed E-state index contributed by atoms with van der Waals surface area (Å²) < 4.78 is 12.6. The Balaban J connectivity index is 1.96. The Bertz CT molecular complexity index is 347. The van der Waals surface area contributed by atoms with E-state index in [2.05, 4.69) is 5.32 Å². The van der Waals surface area contributed by atoms with Crippen molar-refractivity contribution in [2.75, 3.05) is 18.5 Å². The molecule has 1 aromatic carbocycles. The highest BCUT2D eigenvalue weighted by molar-refractivity contribution is 5.88. The Morgan fingerprint density at radius 3 is 2.73 bits per heavy atom. The zero-order chi connectivity index (χ0) is 10.7. The van der Waals surface area contributed by atoms with E-state index in [9.17, 15) is 9.18 Å². The monoisotopic (exact) mass is 210 g/mol. The molecule has 0 radical (unpaired) electrons. The third kappa shape index (κ3) is 2.44. The van der Waals surface area contributed by atoms with Crippen LogP contribution in [0.5, 0.6) is 0 Å². The van der Waals surface area contributed by atoms with Crippen LogP contribution in [-0.4, -0.2) is 24.2 Å². The molecule has 1 heterocycles. The molecule has 0 atom stereocenters. The Kier molecular flexibility index (Phi) is 2.82. The molecule has 0 saturated carbocycles. The molecule has 0 bridgehead atoms. The largest absolute Gasteiger partial charge is 0.345 e. The van der Waals surface area contributed by atoms with Gasteiger partial charge in [-0.3, -0.25) is 4.84 Å². The molecule has 0 aromatic heterocycles. The van der Waals surface area contributed by atoms with Crippen molar-refractivity contribution in [3.63, 3.8) is 0 Å². The molecule has 1 N–H and O–H groups in total. The number of hydroxylamine groups is 2. The minimum absolute atomic E-state index is 0.320. The van der Waals surface area contributed by atoms with Gasteiger partial charge in [0.05, 0.1) is 13.2 Å². The van der Waals surface area contributed by atoms with Crippen LogP contribution in [0, 0.1) is 5.82 Å². The van der Waals surface area contributed by atoms with Crippen LogP contribution >= 0.6 is 0 Å². The summed E-state index contributed by atoms with van der Waals surface area (Å²) in [6, 6.07) is 5.27. The molecule has 1 saturated heterocycles. The van der Waals surface area contributed by atoms with Crippen LogP contribution in [0.4, 0.5) is 14.9 Å². The Labute approximate surface area is 86.6 Å². The van der Waals surface area contributed by atoms with E-state index in [0.717, 1.165) is 6.42 Å². The average Bonchev–Trinajstić information content (AvgIpc) is 2.74. The van der Waals surface area contributed by atoms with Gasteiger partial charge in [0.1, 0.15) is 5.82 Å². The number of hydrogen-bond donors (Lipinski definition) is 1. The van der Waals surface area contributed by atoms with E-state index in [1.165, 1.54) is 29.3 Å². The molecule has 5 heteroatoms. The lowest BCUT2D eigenvalue weighted by Gasteiger charge is -2.14. The number of benzene rings is 1. The topological polar surface area (TPSA) is 41.6 Å². The predicted molar refractivity (Wildman–Crippen MR) is 52.7 cm³/mol. The first-order chi connectivity index (χ1) is 7.25. The van der Waals surface area contributed by atoms with Crippen molar-refractivity contribution in [1.29, 1.82) is 0 Å². The van der Waals surface area contributed by atoms with Crippen molar-refractivity contribution < 1.29 is 14.0 Å². The maximum Gasteiger partial charge on any atom is 0.345 e. The van der Waals surface area contributed by atoms with Gasteiger partial charge in [0, 0.05) is 5.69 Å². The SMILES string of the molecule is O=C(Nc1ccc(F)cc1)N1CCCO1. The summed E-state index contributed by atoms with van der Waals surface area (Å²) in [7, 11) is 0. The molecule has 1 fully saturated rings. The van der Waals surface area contributed by atoms with Crippen molar-refractivity contribution in [3.8, 4) is 0 Å². The second-order valence-corrected chi connectivity index (χ2v) is 3.23. The van der Waals surface area contributed by atoms with Crippen LogP contribution in [0.2, 0.25) is 0 Å².